The third kappa shape index (κ3) is 2.99. The first-order valence-electron chi connectivity index (χ1n) is 10.9. The molecule has 0 radical (unpaired) electrons. The quantitative estimate of drug-likeness (QED) is 0.597. The second-order valence-electron chi connectivity index (χ2n) is 8.78. The van der Waals surface area contributed by atoms with Crippen LogP contribution in [-0.2, 0) is 9.53 Å². The monoisotopic (exact) mass is 450 g/mol. The van der Waals surface area contributed by atoms with Crippen molar-refractivity contribution in [1.82, 2.24) is 19.5 Å². The number of ether oxygens (including phenoxy) is 1. The molecule has 3 saturated heterocycles. The van der Waals surface area contributed by atoms with E-state index in [9.17, 15) is 18.8 Å². The Labute approximate surface area is 188 Å². The van der Waals surface area contributed by atoms with Crippen LogP contribution in [0.25, 0.3) is 5.65 Å². The number of nitriles is 1. The van der Waals surface area contributed by atoms with Crippen LogP contribution in [0.5, 0.6) is 0 Å². The van der Waals surface area contributed by atoms with E-state index < -0.39 is 17.2 Å². The van der Waals surface area contributed by atoms with Crippen molar-refractivity contribution in [3.05, 3.63) is 59.4 Å². The lowest BCUT2D eigenvalue weighted by Crippen LogP contribution is -2.50. The average Bonchev–Trinajstić information content (AvgIpc) is 3.48. The van der Waals surface area contributed by atoms with Crippen LogP contribution in [0.4, 0.5) is 14.6 Å². The van der Waals surface area contributed by atoms with Gasteiger partial charge in [0.25, 0.3) is 5.91 Å². The fraction of sp³-hybridized carbons (Fsp3) is 0.391. The summed E-state index contributed by atoms with van der Waals surface area (Å²) in [5.74, 6) is -0.334. The molecule has 6 rings (SSSR count). The van der Waals surface area contributed by atoms with Crippen molar-refractivity contribution in [3.63, 3.8) is 0 Å². The van der Waals surface area contributed by atoms with E-state index in [-0.39, 0.29) is 29.4 Å². The first kappa shape index (κ1) is 20.1. The molecule has 3 aromatic rings. The summed E-state index contributed by atoms with van der Waals surface area (Å²) in [6, 6.07) is 7.68. The van der Waals surface area contributed by atoms with E-state index in [1.165, 1.54) is 16.6 Å². The maximum Gasteiger partial charge on any atom is 0.257 e. The van der Waals surface area contributed by atoms with Crippen molar-refractivity contribution in [1.29, 1.82) is 5.26 Å². The van der Waals surface area contributed by atoms with E-state index >= 15 is 0 Å². The van der Waals surface area contributed by atoms with E-state index in [2.05, 4.69) is 15.0 Å². The van der Waals surface area contributed by atoms with Gasteiger partial charge in [-0.2, -0.15) is 14.9 Å². The van der Waals surface area contributed by atoms with Gasteiger partial charge in [0.15, 0.2) is 17.1 Å². The average molecular weight is 450 g/mol. The molecule has 1 spiro atoms. The second-order valence-corrected chi connectivity index (χ2v) is 8.78. The summed E-state index contributed by atoms with van der Waals surface area (Å²) >= 11 is 0. The fourth-order valence-electron chi connectivity index (χ4n) is 5.43. The number of carbonyl (C=O) groups is 1. The standard InChI is InChI=1S/C23H20F2N6O2/c24-16-10-14(12-26)9-15(11-16)18-1-2-20-30(18)22(32)23(33-20)4-7-29(8-5-23)19-3-6-27-21-17(25)13-28-31(19)21/h3,6,9-11,13,18,20H,1-2,4-5,7-8H2. The summed E-state index contributed by atoms with van der Waals surface area (Å²) in [7, 11) is 0. The van der Waals surface area contributed by atoms with Gasteiger partial charge < -0.3 is 14.5 Å². The van der Waals surface area contributed by atoms with Crippen molar-refractivity contribution in [2.75, 3.05) is 18.0 Å². The summed E-state index contributed by atoms with van der Waals surface area (Å²) < 4.78 is 35.7. The molecule has 168 valence electrons. The lowest BCUT2D eigenvalue weighted by Gasteiger charge is -2.38. The topological polar surface area (TPSA) is 86.8 Å². The lowest BCUT2D eigenvalue weighted by atomic mass is 9.89. The van der Waals surface area contributed by atoms with E-state index in [1.54, 1.807) is 23.2 Å². The summed E-state index contributed by atoms with van der Waals surface area (Å²) in [6.07, 6.45) is 4.61. The van der Waals surface area contributed by atoms with Gasteiger partial charge in [0, 0.05) is 32.1 Å². The van der Waals surface area contributed by atoms with Crippen molar-refractivity contribution in [2.45, 2.75) is 43.6 Å². The molecule has 2 atom stereocenters. The molecular formula is C23H20F2N6O2. The molecular weight excluding hydrogens is 430 g/mol. The molecule has 0 N–H and O–H groups in total. The van der Waals surface area contributed by atoms with Crippen LogP contribution >= 0.6 is 0 Å². The van der Waals surface area contributed by atoms with Crippen molar-refractivity contribution in [2.24, 2.45) is 0 Å². The minimum Gasteiger partial charge on any atom is -0.356 e. The molecule has 0 aliphatic carbocycles. The van der Waals surface area contributed by atoms with Crippen LogP contribution in [0, 0.1) is 23.0 Å². The zero-order valence-corrected chi connectivity index (χ0v) is 17.6. The van der Waals surface area contributed by atoms with E-state index in [0.717, 1.165) is 6.20 Å². The number of anilines is 1. The van der Waals surface area contributed by atoms with Gasteiger partial charge in [-0.3, -0.25) is 4.79 Å². The van der Waals surface area contributed by atoms with Gasteiger partial charge in [0.05, 0.1) is 23.9 Å². The predicted octanol–water partition coefficient (Wildman–Crippen LogP) is 2.94. The van der Waals surface area contributed by atoms with Gasteiger partial charge in [-0.15, -0.1) is 0 Å². The Morgan fingerprint density at radius 3 is 2.79 bits per heavy atom. The summed E-state index contributed by atoms with van der Waals surface area (Å²) in [6.45, 7) is 1.08. The number of rotatable bonds is 2. The van der Waals surface area contributed by atoms with Crippen molar-refractivity contribution in [3.8, 4) is 6.07 Å². The van der Waals surface area contributed by atoms with Gasteiger partial charge in [0.1, 0.15) is 17.9 Å². The zero-order valence-electron chi connectivity index (χ0n) is 17.6. The Kier molecular flexibility index (Phi) is 4.39. The maximum atomic E-state index is 14.0. The van der Waals surface area contributed by atoms with Gasteiger partial charge >= 0.3 is 0 Å². The van der Waals surface area contributed by atoms with E-state index in [0.29, 0.717) is 50.2 Å². The van der Waals surface area contributed by atoms with Gasteiger partial charge in [0.2, 0.25) is 0 Å². The van der Waals surface area contributed by atoms with E-state index in [4.69, 9.17) is 4.74 Å². The smallest absolute Gasteiger partial charge is 0.257 e. The molecule has 0 saturated carbocycles. The Morgan fingerprint density at radius 2 is 2.00 bits per heavy atom. The number of nitrogens with zero attached hydrogens (tertiary/aromatic N) is 6. The number of hydrogen-bond acceptors (Lipinski definition) is 6. The highest BCUT2D eigenvalue weighted by Gasteiger charge is 2.58. The van der Waals surface area contributed by atoms with Gasteiger partial charge in [-0.25, -0.2) is 13.8 Å². The van der Waals surface area contributed by atoms with Gasteiger partial charge in [-0.1, -0.05) is 0 Å². The summed E-state index contributed by atoms with van der Waals surface area (Å²) in [5, 5.41) is 13.3. The molecule has 3 fully saturated rings. The molecule has 33 heavy (non-hydrogen) atoms. The first-order valence-corrected chi connectivity index (χ1v) is 10.9. The normalized spacial score (nSPS) is 24.0. The maximum absolute atomic E-state index is 14.0. The zero-order chi connectivity index (χ0) is 22.7. The third-order valence-corrected chi connectivity index (χ3v) is 6.99. The molecule has 8 nitrogen and oxygen atoms in total. The number of carbonyl (C=O) groups excluding carboxylic acids is 1. The molecule has 3 aliphatic heterocycles. The minimum atomic E-state index is -0.924. The van der Waals surface area contributed by atoms with Crippen LogP contribution in [0.1, 0.15) is 42.9 Å². The number of halogens is 2. The molecule has 2 unspecified atom stereocenters. The minimum absolute atomic E-state index is 0.0811. The number of hydrogen-bond donors (Lipinski definition) is 0. The van der Waals surface area contributed by atoms with Crippen molar-refractivity contribution < 1.29 is 18.3 Å². The Hall–Kier alpha value is -3.58. The molecule has 2 aromatic heterocycles. The number of amides is 1. The number of aromatic nitrogens is 3. The van der Waals surface area contributed by atoms with Crippen LogP contribution in [-0.4, -0.2) is 50.3 Å². The predicted molar refractivity (Wildman–Crippen MR) is 112 cm³/mol. The SMILES string of the molecule is N#Cc1cc(F)cc(C2CCC3OC4(CCN(c5ccnc6c(F)cnn56)CC4)C(=O)N32)c1. The second kappa shape index (κ2) is 7.22. The molecule has 1 aromatic carbocycles. The molecule has 1 amide bonds. The largest absolute Gasteiger partial charge is 0.356 e. The first-order chi connectivity index (χ1) is 16.0. The number of piperidine rings is 1. The number of fused-ring (bicyclic) bond motifs is 2. The molecule has 0 bridgehead atoms. The van der Waals surface area contributed by atoms with Crippen LogP contribution in [0.15, 0.2) is 36.7 Å². The summed E-state index contributed by atoms with van der Waals surface area (Å²) in [5.41, 5.74) is 0.103. The van der Waals surface area contributed by atoms with Crippen LogP contribution in [0.3, 0.4) is 0 Å². The van der Waals surface area contributed by atoms with Crippen LogP contribution in [0.2, 0.25) is 0 Å². The lowest BCUT2D eigenvalue weighted by molar-refractivity contribution is -0.140. The van der Waals surface area contributed by atoms with Gasteiger partial charge in [-0.05, 0) is 42.7 Å². The molecule has 3 aliphatic rings. The highest BCUT2D eigenvalue weighted by atomic mass is 19.1. The fourth-order valence-corrected chi connectivity index (χ4v) is 5.43. The Bertz CT molecular complexity index is 1310. The highest BCUT2D eigenvalue weighted by molar-refractivity contribution is 5.88. The highest BCUT2D eigenvalue weighted by Crippen LogP contribution is 2.48. The number of benzene rings is 1. The Morgan fingerprint density at radius 1 is 1.18 bits per heavy atom. The summed E-state index contributed by atoms with van der Waals surface area (Å²) in [4.78, 5) is 21.4. The van der Waals surface area contributed by atoms with Crippen LogP contribution < -0.4 is 4.90 Å². The molecule has 10 heteroatoms. The Balaban J connectivity index is 1.24. The van der Waals surface area contributed by atoms with Crippen molar-refractivity contribution >= 4 is 17.4 Å². The third-order valence-electron chi connectivity index (χ3n) is 6.99. The van der Waals surface area contributed by atoms with E-state index in [1.807, 2.05) is 6.07 Å². The molecule has 5 heterocycles.